The van der Waals surface area contributed by atoms with E-state index in [1.54, 1.807) is 13.2 Å². The molecule has 1 aromatic rings. The number of nitrogens with zero attached hydrogens (tertiary/aromatic N) is 1. The Morgan fingerprint density at radius 2 is 2.00 bits per heavy atom. The third-order valence-corrected chi connectivity index (χ3v) is 4.67. The second-order valence-corrected chi connectivity index (χ2v) is 6.85. The number of carboxylic acid groups (broad SMARTS) is 1. The number of piperidine rings is 1. The van der Waals surface area contributed by atoms with E-state index in [0.29, 0.717) is 17.2 Å². The summed E-state index contributed by atoms with van der Waals surface area (Å²) < 4.78 is 36.9. The maximum absolute atomic E-state index is 12.6. The number of carboxylic acids is 1. The van der Waals surface area contributed by atoms with Crippen LogP contribution < -0.4 is 10.5 Å². The summed E-state index contributed by atoms with van der Waals surface area (Å²) in [6.07, 6.45) is -1.60. The summed E-state index contributed by atoms with van der Waals surface area (Å²) in [5.74, 6) is -1.96. The number of amides is 1. The lowest BCUT2D eigenvalue weighted by molar-refractivity contribution is -0.192. The standard InChI is InChI=1S/C16H23ClN2O2.C2HF3O2/c1-11(18)15-5-3-4-8-19(15)16(20)9-12-6-7-13(21-2)10-14(12)17;3-2(4,5)1(6)7/h6-7,10-11,15H,3-5,8-9,18H2,1-2H3;(H,6,7). The van der Waals surface area contributed by atoms with Crippen molar-refractivity contribution in [2.24, 2.45) is 5.73 Å². The van der Waals surface area contributed by atoms with Gasteiger partial charge in [-0.25, -0.2) is 4.79 Å². The average Bonchev–Trinajstić information content (AvgIpc) is 2.63. The summed E-state index contributed by atoms with van der Waals surface area (Å²) in [6, 6.07) is 5.56. The first-order valence-electron chi connectivity index (χ1n) is 8.65. The highest BCUT2D eigenvalue weighted by Gasteiger charge is 2.38. The lowest BCUT2D eigenvalue weighted by Gasteiger charge is -2.38. The van der Waals surface area contributed by atoms with Crippen molar-refractivity contribution in [2.45, 2.75) is 50.9 Å². The number of carbonyl (C=O) groups is 2. The number of methoxy groups -OCH3 is 1. The average molecular weight is 425 g/mol. The van der Waals surface area contributed by atoms with Crippen LogP contribution in [0.3, 0.4) is 0 Å². The zero-order valence-corrected chi connectivity index (χ0v) is 16.4. The van der Waals surface area contributed by atoms with E-state index in [4.69, 9.17) is 32.0 Å². The number of likely N-dealkylation sites (tertiary alicyclic amines) is 1. The largest absolute Gasteiger partial charge is 0.497 e. The molecule has 2 atom stereocenters. The van der Waals surface area contributed by atoms with E-state index in [2.05, 4.69) is 0 Å². The van der Waals surface area contributed by atoms with Gasteiger partial charge in [-0.1, -0.05) is 17.7 Å². The highest BCUT2D eigenvalue weighted by Crippen LogP contribution is 2.25. The molecule has 0 bridgehead atoms. The summed E-state index contributed by atoms with van der Waals surface area (Å²) in [5, 5.41) is 7.69. The second-order valence-electron chi connectivity index (χ2n) is 6.45. The van der Waals surface area contributed by atoms with Crippen LogP contribution in [0.1, 0.15) is 31.7 Å². The minimum atomic E-state index is -5.08. The van der Waals surface area contributed by atoms with Gasteiger partial charge in [0.1, 0.15) is 5.75 Å². The van der Waals surface area contributed by atoms with E-state index < -0.39 is 12.1 Å². The number of aliphatic carboxylic acids is 1. The molecule has 28 heavy (non-hydrogen) atoms. The topological polar surface area (TPSA) is 92.9 Å². The van der Waals surface area contributed by atoms with Crippen molar-refractivity contribution in [3.05, 3.63) is 28.8 Å². The second kappa shape index (κ2) is 10.5. The molecule has 1 saturated heterocycles. The lowest BCUT2D eigenvalue weighted by atomic mass is 9.96. The van der Waals surface area contributed by atoms with Crippen molar-refractivity contribution in [2.75, 3.05) is 13.7 Å². The van der Waals surface area contributed by atoms with Crippen LogP contribution in [-0.2, 0) is 16.0 Å². The molecule has 1 fully saturated rings. The van der Waals surface area contributed by atoms with Crippen LogP contribution in [0.5, 0.6) is 5.75 Å². The van der Waals surface area contributed by atoms with Crippen molar-refractivity contribution in [1.29, 1.82) is 0 Å². The van der Waals surface area contributed by atoms with E-state index in [9.17, 15) is 18.0 Å². The van der Waals surface area contributed by atoms with Gasteiger partial charge in [-0.15, -0.1) is 0 Å². The maximum atomic E-state index is 12.6. The fourth-order valence-electron chi connectivity index (χ4n) is 2.88. The number of halogens is 4. The molecule has 0 spiro atoms. The number of ether oxygens (including phenoxy) is 1. The zero-order chi connectivity index (χ0) is 21.5. The number of alkyl halides is 3. The van der Waals surface area contributed by atoms with Gasteiger partial charge in [-0.05, 0) is 43.9 Å². The van der Waals surface area contributed by atoms with Crippen molar-refractivity contribution in [1.82, 2.24) is 4.90 Å². The first kappa shape index (κ1) is 24.0. The van der Waals surface area contributed by atoms with Crippen molar-refractivity contribution >= 4 is 23.5 Å². The predicted molar refractivity (Wildman–Crippen MR) is 98.4 cm³/mol. The smallest absolute Gasteiger partial charge is 0.490 e. The summed E-state index contributed by atoms with van der Waals surface area (Å²) >= 11 is 6.21. The van der Waals surface area contributed by atoms with Crippen LogP contribution in [0, 0.1) is 0 Å². The van der Waals surface area contributed by atoms with Gasteiger partial charge in [-0.2, -0.15) is 13.2 Å². The number of hydrogen-bond acceptors (Lipinski definition) is 4. The van der Waals surface area contributed by atoms with Gasteiger partial charge >= 0.3 is 12.1 Å². The van der Waals surface area contributed by atoms with Crippen LogP contribution in [0.4, 0.5) is 13.2 Å². The number of hydrogen-bond donors (Lipinski definition) is 2. The Hall–Kier alpha value is -2.00. The Bertz CT molecular complexity index is 683. The monoisotopic (exact) mass is 424 g/mol. The fraction of sp³-hybridized carbons (Fsp3) is 0.556. The molecule has 158 valence electrons. The van der Waals surface area contributed by atoms with Crippen molar-refractivity contribution in [3.63, 3.8) is 0 Å². The Morgan fingerprint density at radius 3 is 2.46 bits per heavy atom. The summed E-state index contributed by atoms with van der Waals surface area (Å²) in [4.78, 5) is 23.4. The van der Waals surface area contributed by atoms with Gasteiger partial charge in [0.25, 0.3) is 0 Å². The Morgan fingerprint density at radius 1 is 1.39 bits per heavy atom. The number of rotatable bonds is 4. The molecule has 0 saturated carbocycles. The van der Waals surface area contributed by atoms with Gasteiger partial charge in [0.15, 0.2) is 0 Å². The third kappa shape index (κ3) is 7.20. The maximum Gasteiger partial charge on any atom is 0.490 e. The quantitative estimate of drug-likeness (QED) is 0.774. The van der Waals surface area contributed by atoms with Gasteiger partial charge in [-0.3, -0.25) is 4.79 Å². The molecule has 2 unspecified atom stereocenters. The molecule has 0 aromatic heterocycles. The normalized spacial score (nSPS) is 18.0. The lowest BCUT2D eigenvalue weighted by Crippen LogP contribution is -2.52. The van der Waals surface area contributed by atoms with E-state index in [-0.39, 0.29) is 18.0 Å². The van der Waals surface area contributed by atoms with Crippen LogP contribution >= 0.6 is 11.6 Å². The van der Waals surface area contributed by atoms with E-state index in [0.717, 1.165) is 31.4 Å². The molecule has 0 radical (unpaired) electrons. The fourth-order valence-corrected chi connectivity index (χ4v) is 3.11. The molecule has 1 aliphatic rings. The van der Waals surface area contributed by atoms with E-state index >= 15 is 0 Å². The van der Waals surface area contributed by atoms with E-state index in [1.165, 1.54) is 0 Å². The van der Waals surface area contributed by atoms with E-state index in [1.807, 2.05) is 24.0 Å². The van der Waals surface area contributed by atoms with Crippen molar-refractivity contribution < 1.29 is 32.6 Å². The molecular weight excluding hydrogens is 401 g/mol. The molecule has 1 aliphatic heterocycles. The van der Waals surface area contributed by atoms with Crippen LogP contribution in [0.15, 0.2) is 18.2 Å². The minimum absolute atomic E-state index is 0.000546. The van der Waals surface area contributed by atoms with Crippen LogP contribution in [0.25, 0.3) is 0 Å². The number of benzene rings is 1. The Labute approximate surface area is 166 Å². The van der Waals surface area contributed by atoms with Gasteiger partial charge < -0.3 is 20.5 Å². The highest BCUT2D eigenvalue weighted by atomic mass is 35.5. The molecule has 10 heteroatoms. The molecular formula is C18H24ClF3N2O4. The minimum Gasteiger partial charge on any atom is -0.497 e. The summed E-state index contributed by atoms with van der Waals surface area (Å²) in [7, 11) is 1.59. The first-order valence-corrected chi connectivity index (χ1v) is 9.02. The molecule has 3 N–H and O–H groups in total. The van der Waals surface area contributed by atoms with Crippen molar-refractivity contribution in [3.8, 4) is 5.75 Å². The molecule has 6 nitrogen and oxygen atoms in total. The summed E-state index contributed by atoms with van der Waals surface area (Å²) in [6.45, 7) is 2.76. The van der Waals surface area contributed by atoms with Crippen LogP contribution in [-0.4, -0.2) is 53.8 Å². The molecule has 1 amide bonds. The SMILES string of the molecule is COc1ccc(CC(=O)N2CCCCC2C(C)N)c(Cl)c1.O=C(O)C(F)(F)F. The Balaban J connectivity index is 0.000000480. The molecule has 1 heterocycles. The third-order valence-electron chi connectivity index (χ3n) is 4.32. The van der Waals surface area contributed by atoms with Gasteiger partial charge in [0.05, 0.1) is 13.5 Å². The van der Waals surface area contributed by atoms with Gasteiger partial charge in [0, 0.05) is 23.7 Å². The molecule has 1 aromatic carbocycles. The van der Waals surface area contributed by atoms with Gasteiger partial charge in [0.2, 0.25) is 5.91 Å². The zero-order valence-electron chi connectivity index (χ0n) is 15.6. The number of carbonyl (C=O) groups excluding carboxylic acids is 1. The summed E-state index contributed by atoms with van der Waals surface area (Å²) in [5.41, 5.74) is 6.85. The molecule has 0 aliphatic carbocycles. The highest BCUT2D eigenvalue weighted by molar-refractivity contribution is 6.31. The molecule has 2 rings (SSSR count). The predicted octanol–water partition coefficient (Wildman–Crippen LogP) is 3.25. The first-order chi connectivity index (χ1) is 13.0. The van der Waals surface area contributed by atoms with Crippen LogP contribution in [0.2, 0.25) is 5.02 Å². The number of nitrogens with two attached hydrogens (primary N) is 1. The Kier molecular flexibility index (Phi) is 9.03.